The minimum Gasteiger partial charge on any atom is -0.339 e. The van der Waals surface area contributed by atoms with Crippen molar-refractivity contribution in [3.05, 3.63) is 82.3 Å². The van der Waals surface area contributed by atoms with Crippen molar-refractivity contribution in [2.75, 3.05) is 6.54 Å². The van der Waals surface area contributed by atoms with Crippen LogP contribution in [0, 0.1) is 12.7 Å². The second kappa shape index (κ2) is 8.01. The highest BCUT2D eigenvalue weighted by molar-refractivity contribution is 6.07. The highest BCUT2D eigenvalue weighted by atomic mass is 19.1. The summed E-state index contributed by atoms with van der Waals surface area (Å²) in [6.45, 7) is 4.35. The average Bonchev–Trinajstić information content (AvgIpc) is 3.11. The summed E-state index contributed by atoms with van der Waals surface area (Å²) in [6, 6.07) is 12.9. The molecule has 1 aliphatic carbocycles. The molecule has 5 nitrogen and oxygen atoms in total. The number of hydrogen-bond donors (Lipinski definition) is 1. The van der Waals surface area contributed by atoms with E-state index in [9.17, 15) is 14.0 Å². The van der Waals surface area contributed by atoms with Crippen LogP contribution in [0.2, 0.25) is 0 Å². The smallest absolute Gasteiger partial charge is 0.251 e. The van der Waals surface area contributed by atoms with Gasteiger partial charge in [0.25, 0.3) is 11.8 Å². The van der Waals surface area contributed by atoms with Gasteiger partial charge in [0.05, 0.1) is 6.54 Å². The topological polar surface area (TPSA) is 61.8 Å². The predicted octanol–water partition coefficient (Wildman–Crippen LogP) is 4.14. The van der Waals surface area contributed by atoms with Gasteiger partial charge in [-0.3, -0.25) is 14.6 Å². The monoisotopic (exact) mass is 431 g/mol. The molecule has 2 amide bonds. The lowest BCUT2D eigenvalue weighted by Crippen LogP contribution is -2.58. The van der Waals surface area contributed by atoms with E-state index in [1.807, 2.05) is 36.9 Å². The van der Waals surface area contributed by atoms with Crippen molar-refractivity contribution in [1.29, 1.82) is 0 Å². The number of nitrogens with one attached hydrogen (secondary N) is 1. The largest absolute Gasteiger partial charge is 0.339 e. The highest BCUT2D eigenvalue weighted by Gasteiger charge is 2.48. The van der Waals surface area contributed by atoms with E-state index in [1.54, 1.807) is 18.2 Å². The van der Waals surface area contributed by atoms with Crippen molar-refractivity contribution in [3.8, 4) is 0 Å². The molecular weight excluding hydrogens is 405 g/mol. The summed E-state index contributed by atoms with van der Waals surface area (Å²) in [6.07, 6.45) is 3.02. The maximum absolute atomic E-state index is 13.8. The van der Waals surface area contributed by atoms with Crippen LogP contribution in [0.15, 0.2) is 64.8 Å². The molecule has 164 valence electrons. The Hall–Kier alpha value is -3.28. The van der Waals surface area contributed by atoms with Crippen LogP contribution in [0.1, 0.15) is 53.6 Å². The molecule has 3 aliphatic rings. The van der Waals surface area contributed by atoms with Crippen molar-refractivity contribution in [1.82, 2.24) is 10.2 Å². The molecule has 2 aliphatic heterocycles. The van der Waals surface area contributed by atoms with E-state index in [-0.39, 0.29) is 23.7 Å². The van der Waals surface area contributed by atoms with E-state index in [1.165, 1.54) is 12.1 Å². The van der Waals surface area contributed by atoms with Gasteiger partial charge in [0.2, 0.25) is 0 Å². The zero-order valence-corrected chi connectivity index (χ0v) is 18.3. The van der Waals surface area contributed by atoms with Gasteiger partial charge >= 0.3 is 0 Å². The van der Waals surface area contributed by atoms with Gasteiger partial charge in [-0.15, -0.1) is 0 Å². The second-order valence-corrected chi connectivity index (χ2v) is 8.90. The summed E-state index contributed by atoms with van der Waals surface area (Å²) in [5, 5.41) is 3.03. The first-order valence-electron chi connectivity index (χ1n) is 11.1. The van der Waals surface area contributed by atoms with Crippen LogP contribution >= 0.6 is 0 Å². The Morgan fingerprint density at radius 3 is 2.53 bits per heavy atom. The van der Waals surface area contributed by atoms with Gasteiger partial charge in [-0.2, -0.15) is 0 Å². The number of halogens is 1. The fraction of sp³-hybridized carbons (Fsp3) is 0.346. The van der Waals surface area contributed by atoms with Gasteiger partial charge < -0.3 is 10.2 Å². The Morgan fingerprint density at radius 1 is 1.12 bits per heavy atom. The van der Waals surface area contributed by atoms with Crippen LogP contribution in [0.4, 0.5) is 4.39 Å². The summed E-state index contributed by atoms with van der Waals surface area (Å²) in [5.41, 5.74) is 5.09. The number of nitrogens with zero attached hydrogens (tertiary/aromatic N) is 2. The zero-order valence-electron chi connectivity index (χ0n) is 18.3. The number of carbonyl (C=O) groups excluding carboxylic acids is 2. The van der Waals surface area contributed by atoms with Crippen LogP contribution in [0.25, 0.3) is 0 Å². The molecule has 2 aromatic rings. The Bertz CT molecular complexity index is 1150. The maximum atomic E-state index is 13.8. The Morgan fingerprint density at radius 2 is 1.88 bits per heavy atom. The SMILES string of the molecule is CC1=NCC2=C1[C@H](c1ccc(F)cc1)[C@H](NC(=O)c1cccc(C)c1)C(=O)N2C1CCC1. The van der Waals surface area contributed by atoms with Crippen molar-refractivity contribution in [2.24, 2.45) is 4.99 Å². The number of rotatable bonds is 4. The van der Waals surface area contributed by atoms with Crippen LogP contribution in [-0.4, -0.2) is 41.1 Å². The van der Waals surface area contributed by atoms with Crippen LogP contribution in [0.3, 0.4) is 0 Å². The molecule has 1 fully saturated rings. The first-order valence-corrected chi connectivity index (χ1v) is 11.1. The molecule has 0 bridgehead atoms. The third kappa shape index (κ3) is 3.44. The fourth-order valence-corrected chi connectivity index (χ4v) is 5.01. The summed E-state index contributed by atoms with van der Waals surface area (Å²) in [5.74, 6) is -1.13. The maximum Gasteiger partial charge on any atom is 0.251 e. The Kier molecular flexibility index (Phi) is 5.16. The molecule has 6 heteroatoms. The molecule has 1 N–H and O–H groups in total. The summed E-state index contributed by atoms with van der Waals surface area (Å²) in [7, 11) is 0. The number of amides is 2. The van der Waals surface area contributed by atoms with Crippen molar-refractivity contribution < 1.29 is 14.0 Å². The quantitative estimate of drug-likeness (QED) is 0.791. The molecule has 2 aromatic carbocycles. The van der Waals surface area contributed by atoms with Gasteiger partial charge in [-0.25, -0.2) is 4.39 Å². The van der Waals surface area contributed by atoms with E-state index in [0.29, 0.717) is 12.1 Å². The molecule has 0 saturated heterocycles. The van der Waals surface area contributed by atoms with E-state index >= 15 is 0 Å². The van der Waals surface area contributed by atoms with Crippen molar-refractivity contribution in [2.45, 2.75) is 51.1 Å². The van der Waals surface area contributed by atoms with Gasteiger partial charge in [-0.1, -0.05) is 29.8 Å². The first-order chi connectivity index (χ1) is 15.4. The lowest BCUT2D eigenvalue weighted by Gasteiger charge is -2.45. The standard InChI is InChI=1S/C26H26FN3O2/c1-15-5-3-6-18(13-15)25(31)29-24-23(17-9-11-19(27)12-10-17)22-16(2)28-14-21(22)30(26(24)32)20-7-4-8-20/h3,5-6,9-13,20,23-24H,4,7-8,14H2,1-2H3,(H,29,31)/t23-,24-/m0/s1. The molecular formula is C26H26FN3O2. The summed E-state index contributed by atoms with van der Waals surface area (Å²) < 4.78 is 13.7. The lowest BCUT2D eigenvalue weighted by molar-refractivity contribution is -0.136. The molecule has 0 unspecified atom stereocenters. The van der Waals surface area contributed by atoms with Crippen molar-refractivity contribution in [3.63, 3.8) is 0 Å². The minimum atomic E-state index is -0.781. The second-order valence-electron chi connectivity index (χ2n) is 8.90. The summed E-state index contributed by atoms with van der Waals surface area (Å²) >= 11 is 0. The average molecular weight is 432 g/mol. The number of hydrogen-bond acceptors (Lipinski definition) is 3. The fourth-order valence-electron chi connectivity index (χ4n) is 5.01. The minimum absolute atomic E-state index is 0.103. The number of aliphatic imine (C=N–C) groups is 1. The first kappa shape index (κ1) is 20.6. The Labute approximate surface area is 187 Å². The van der Waals surface area contributed by atoms with E-state index in [2.05, 4.69) is 10.3 Å². The van der Waals surface area contributed by atoms with E-state index in [0.717, 1.165) is 47.4 Å². The molecule has 2 heterocycles. The van der Waals surface area contributed by atoms with Gasteiger partial charge in [-0.05, 0) is 62.9 Å². The molecule has 1 saturated carbocycles. The highest BCUT2D eigenvalue weighted by Crippen LogP contribution is 2.43. The zero-order chi connectivity index (χ0) is 22.4. The molecule has 32 heavy (non-hydrogen) atoms. The molecule has 0 spiro atoms. The summed E-state index contributed by atoms with van der Waals surface area (Å²) in [4.78, 5) is 33.6. The normalized spacial score (nSPS) is 23.0. The van der Waals surface area contributed by atoms with Crippen LogP contribution < -0.4 is 5.32 Å². The van der Waals surface area contributed by atoms with Gasteiger partial charge in [0.1, 0.15) is 11.9 Å². The molecule has 0 radical (unpaired) electrons. The van der Waals surface area contributed by atoms with Crippen LogP contribution in [0.5, 0.6) is 0 Å². The predicted molar refractivity (Wildman–Crippen MR) is 121 cm³/mol. The van der Waals surface area contributed by atoms with E-state index in [4.69, 9.17) is 0 Å². The van der Waals surface area contributed by atoms with Crippen molar-refractivity contribution >= 4 is 17.5 Å². The third-order valence-corrected chi connectivity index (χ3v) is 6.84. The van der Waals surface area contributed by atoms with E-state index < -0.39 is 12.0 Å². The van der Waals surface area contributed by atoms with Crippen LogP contribution in [-0.2, 0) is 4.79 Å². The third-order valence-electron chi connectivity index (χ3n) is 6.84. The molecule has 5 rings (SSSR count). The van der Waals surface area contributed by atoms with Gasteiger partial charge in [0.15, 0.2) is 0 Å². The molecule has 0 aromatic heterocycles. The lowest BCUT2D eigenvalue weighted by atomic mass is 9.77. The van der Waals surface area contributed by atoms with Gasteiger partial charge in [0, 0.05) is 34.5 Å². The Balaban J connectivity index is 1.59. The number of aryl methyl sites for hydroxylation is 1. The molecule has 2 atom stereocenters. The number of benzene rings is 2. The number of carbonyl (C=O) groups is 2.